The predicted molar refractivity (Wildman–Crippen MR) is 112 cm³/mol. The number of benzene rings is 2. The summed E-state index contributed by atoms with van der Waals surface area (Å²) in [4.78, 5) is 27.2. The van der Waals surface area contributed by atoms with Crippen molar-refractivity contribution < 1.29 is 9.59 Å². The Balaban J connectivity index is 1.98. The molecule has 0 radical (unpaired) electrons. The minimum Gasteiger partial charge on any atom is -0.368 e. The first-order chi connectivity index (χ1) is 13.4. The third-order valence-corrected chi connectivity index (χ3v) is 5.83. The van der Waals surface area contributed by atoms with Gasteiger partial charge in [0.1, 0.15) is 0 Å². The third kappa shape index (κ3) is 4.09. The van der Waals surface area contributed by atoms with Gasteiger partial charge in [-0.15, -0.1) is 0 Å². The number of hydrogen-bond acceptors (Lipinski definition) is 3. The van der Waals surface area contributed by atoms with E-state index in [0.717, 1.165) is 12.1 Å². The molecule has 0 unspecified atom stereocenters. The van der Waals surface area contributed by atoms with E-state index in [9.17, 15) is 9.59 Å². The van der Waals surface area contributed by atoms with Crippen LogP contribution in [-0.4, -0.2) is 24.9 Å². The minimum atomic E-state index is -0.503. The Morgan fingerprint density at radius 3 is 2.50 bits per heavy atom. The van der Waals surface area contributed by atoms with Gasteiger partial charge in [0.25, 0.3) is 0 Å². The maximum Gasteiger partial charge on any atom is 0.234 e. The van der Waals surface area contributed by atoms with E-state index in [1.165, 1.54) is 22.3 Å². The van der Waals surface area contributed by atoms with E-state index in [1.807, 2.05) is 29.2 Å². The van der Waals surface area contributed by atoms with Crippen LogP contribution in [0.1, 0.15) is 35.1 Å². The van der Waals surface area contributed by atoms with Crippen molar-refractivity contribution in [1.29, 1.82) is 0 Å². The Morgan fingerprint density at radius 1 is 1.18 bits per heavy atom. The van der Waals surface area contributed by atoms with Crippen LogP contribution in [0.25, 0.3) is 0 Å². The monoisotopic (exact) mass is 379 g/mol. The lowest BCUT2D eigenvalue weighted by Gasteiger charge is -2.28. The second-order valence-corrected chi connectivity index (χ2v) is 7.64. The van der Waals surface area contributed by atoms with Gasteiger partial charge in [-0.2, -0.15) is 0 Å². The third-order valence-electron chi connectivity index (χ3n) is 5.83. The van der Waals surface area contributed by atoms with Gasteiger partial charge in [-0.3, -0.25) is 9.59 Å². The summed E-state index contributed by atoms with van der Waals surface area (Å²) in [7, 11) is 1.71. The number of aryl methyl sites for hydroxylation is 3. The van der Waals surface area contributed by atoms with Crippen molar-refractivity contribution in [3.05, 3.63) is 64.7 Å². The summed E-state index contributed by atoms with van der Waals surface area (Å²) in [6.45, 7) is 4.70. The number of hydrogen-bond donors (Lipinski definition) is 2. The molecule has 0 saturated carbocycles. The van der Waals surface area contributed by atoms with E-state index in [4.69, 9.17) is 5.73 Å². The van der Waals surface area contributed by atoms with E-state index >= 15 is 0 Å². The summed E-state index contributed by atoms with van der Waals surface area (Å²) in [5.74, 6) is -0.603. The SMILES string of the molecule is CN[C@@H](C[C@@H]1CCc2ccccc2N(Cc2c(C)cccc2C)C1=O)C(N)=O. The normalized spacial score (nSPS) is 17.8. The van der Waals surface area contributed by atoms with Crippen LogP contribution in [0.2, 0.25) is 0 Å². The van der Waals surface area contributed by atoms with Gasteiger partial charge in [0.15, 0.2) is 0 Å². The average molecular weight is 380 g/mol. The molecule has 1 heterocycles. The molecule has 148 valence electrons. The summed E-state index contributed by atoms with van der Waals surface area (Å²) in [5, 5.41) is 2.95. The number of likely N-dealkylation sites (N-methyl/N-ethyl adjacent to an activating group) is 1. The molecule has 0 aromatic heterocycles. The largest absolute Gasteiger partial charge is 0.368 e. The van der Waals surface area contributed by atoms with Crippen molar-refractivity contribution in [3.63, 3.8) is 0 Å². The lowest BCUT2D eigenvalue weighted by molar-refractivity contribution is -0.124. The van der Waals surface area contributed by atoms with Crippen LogP contribution in [0.15, 0.2) is 42.5 Å². The number of rotatable bonds is 6. The van der Waals surface area contributed by atoms with E-state index in [-0.39, 0.29) is 11.8 Å². The van der Waals surface area contributed by atoms with Crippen molar-refractivity contribution in [1.82, 2.24) is 5.32 Å². The van der Waals surface area contributed by atoms with Crippen LogP contribution >= 0.6 is 0 Å². The van der Waals surface area contributed by atoms with Gasteiger partial charge in [0.2, 0.25) is 11.8 Å². The van der Waals surface area contributed by atoms with Crippen LogP contribution in [-0.2, 0) is 22.6 Å². The molecule has 5 nitrogen and oxygen atoms in total. The topological polar surface area (TPSA) is 75.4 Å². The van der Waals surface area contributed by atoms with E-state index in [1.54, 1.807) is 7.05 Å². The Kier molecular flexibility index (Phi) is 6.15. The number of para-hydroxylation sites is 1. The van der Waals surface area contributed by atoms with Crippen LogP contribution in [0.5, 0.6) is 0 Å². The first kappa shape index (κ1) is 20.1. The van der Waals surface area contributed by atoms with Gasteiger partial charge >= 0.3 is 0 Å². The lowest BCUT2D eigenvalue weighted by Crippen LogP contribution is -2.44. The molecule has 2 amide bonds. The quantitative estimate of drug-likeness (QED) is 0.810. The zero-order chi connectivity index (χ0) is 20.3. The highest BCUT2D eigenvalue weighted by Gasteiger charge is 2.33. The fourth-order valence-corrected chi connectivity index (χ4v) is 4.08. The van der Waals surface area contributed by atoms with Gasteiger partial charge in [-0.05, 0) is 68.5 Å². The van der Waals surface area contributed by atoms with Gasteiger partial charge in [-0.1, -0.05) is 36.4 Å². The van der Waals surface area contributed by atoms with Crippen LogP contribution in [0, 0.1) is 19.8 Å². The molecule has 2 aromatic rings. The highest BCUT2D eigenvalue weighted by Crippen LogP contribution is 2.33. The van der Waals surface area contributed by atoms with Gasteiger partial charge in [0.05, 0.1) is 12.6 Å². The Hall–Kier alpha value is -2.66. The second-order valence-electron chi connectivity index (χ2n) is 7.64. The number of nitrogens with one attached hydrogen (secondary N) is 1. The molecule has 2 aromatic carbocycles. The minimum absolute atomic E-state index is 0.0640. The molecule has 0 fully saturated rings. The number of carbonyl (C=O) groups excluding carboxylic acids is 2. The molecule has 0 saturated heterocycles. The van der Waals surface area contributed by atoms with E-state index in [0.29, 0.717) is 19.4 Å². The number of primary amides is 1. The van der Waals surface area contributed by atoms with Crippen molar-refractivity contribution >= 4 is 17.5 Å². The number of nitrogens with two attached hydrogens (primary N) is 1. The second kappa shape index (κ2) is 8.57. The molecule has 0 aliphatic carbocycles. The molecule has 0 bridgehead atoms. The van der Waals surface area contributed by atoms with E-state index < -0.39 is 11.9 Å². The number of carbonyl (C=O) groups is 2. The number of nitrogens with zero attached hydrogens (tertiary/aromatic N) is 1. The van der Waals surface area contributed by atoms with Gasteiger partial charge < -0.3 is 16.0 Å². The standard InChI is InChI=1S/C23H29N3O2/c1-15-7-6-8-16(2)19(15)14-26-21-10-5-4-9-17(21)11-12-18(23(26)28)13-20(25-3)22(24)27/h4-10,18,20,25H,11-14H2,1-3H3,(H2,24,27)/t18-,20-/m0/s1. The van der Waals surface area contributed by atoms with Crippen LogP contribution in [0.4, 0.5) is 5.69 Å². The lowest BCUT2D eigenvalue weighted by atomic mass is 9.93. The molecule has 28 heavy (non-hydrogen) atoms. The summed E-state index contributed by atoms with van der Waals surface area (Å²) < 4.78 is 0. The van der Waals surface area contributed by atoms with Crippen molar-refractivity contribution in [2.24, 2.45) is 11.7 Å². The molecule has 1 aliphatic rings. The number of amides is 2. The molecule has 3 N–H and O–H groups in total. The van der Waals surface area contributed by atoms with Gasteiger partial charge in [-0.25, -0.2) is 0 Å². The summed E-state index contributed by atoms with van der Waals surface area (Å²) in [6.07, 6.45) is 1.94. The highest BCUT2D eigenvalue weighted by molar-refractivity contribution is 5.97. The van der Waals surface area contributed by atoms with Crippen molar-refractivity contribution in [3.8, 4) is 0 Å². The highest BCUT2D eigenvalue weighted by atomic mass is 16.2. The Labute approximate surface area is 166 Å². The van der Waals surface area contributed by atoms with Crippen molar-refractivity contribution in [2.45, 2.75) is 45.7 Å². The molecule has 3 rings (SSSR count). The first-order valence-corrected chi connectivity index (χ1v) is 9.83. The number of anilines is 1. The fraction of sp³-hybridized carbons (Fsp3) is 0.391. The Morgan fingerprint density at radius 2 is 1.86 bits per heavy atom. The molecule has 2 atom stereocenters. The summed E-state index contributed by atoms with van der Waals surface area (Å²) in [6, 6.07) is 13.8. The zero-order valence-electron chi connectivity index (χ0n) is 16.9. The predicted octanol–water partition coefficient (Wildman–Crippen LogP) is 2.86. The molecule has 5 heteroatoms. The average Bonchev–Trinajstić information content (AvgIpc) is 2.80. The smallest absolute Gasteiger partial charge is 0.234 e. The molecular weight excluding hydrogens is 350 g/mol. The fourth-order valence-electron chi connectivity index (χ4n) is 4.08. The van der Waals surface area contributed by atoms with Gasteiger partial charge in [0, 0.05) is 11.6 Å². The summed E-state index contributed by atoms with van der Waals surface area (Å²) >= 11 is 0. The van der Waals surface area contributed by atoms with Crippen molar-refractivity contribution in [2.75, 3.05) is 11.9 Å². The summed E-state index contributed by atoms with van der Waals surface area (Å²) in [5.41, 5.74) is 11.2. The maximum atomic E-state index is 13.6. The Bertz CT molecular complexity index is 858. The maximum absolute atomic E-state index is 13.6. The van der Waals surface area contributed by atoms with Crippen LogP contribution < -0.4 is 16.0 Å². The molecular formula is C23H29N3O2. The van der Waals surface area contributed by atoms with E-state index in [2.05, 4.69) is 37.4 Å². The molecule has 0 spiro atoms. The van der Waals surface area contributed by atoms with Crippen LogP contribution in [0.3, 0.4) is 0 Å². The zero-order valence-corrected chi connectivity index (χ0v) is 16.9. The first-order valence-electron chi connectivity index (χ1n) is 9.83. The molecule has 1 aliphatic heterocycles. The number of fused-ring (bicyclic) bond motifs is 1.